The first-order chi connectivity index (χ1) is 47.6. The Bertz CT molecular complexity index is 2490. The highest BCUT2D eigenvalue weighted by atomic mass is 16.7. The maximum absolute atomic E-state index is 12.6. The number of carboxylic acids is 2. The number of ether oxygens (including phenoxy) is 12. The van der Waals surface area contributed by atoms with Gasteiger partial charge in [-0.3, -0.25) is 43.2 Å². The Hall–Kier alpha value is -7.26. The Morgan fingerprint density at radius 2 is 0.525 bits per heavy atom. The molecule has 6 saturated carbocycles. The summed E-state index contributed by atoms with van der Waals surface area (Å²) in [6.45, 7) is 16.4. The lowest BCUT2D eigenvalue weighted by Crippen LogP contribution is -2.33. The average molecular weight is 1410 g/mol. The molecule has 0 aromatic carbocycles. The molecule has 0 unspecified atom stereocenters. The maximum Gasteiger partial charge on any atom is 1.00 e. The van der Waals surface area contributed by atoms with Crippen molar-refractivity contribution in [3.8, 4) is 0 Å². The summed E-state index contributed by atoms with van der Waals surface area (Å²) in [5.41, 5.74) is 0. The van der Waals surface area contributed by atoms with Crippen molar-refractivity contribution >= 4 is 71.6 Å². The Labute approximate surface area is 583 Å². The van der Waals surface area contributed by atoms with Crippen LogP contribution in [0, 0.1) is 53.3 Å². The molecule has 560 valence electrons. The predicted octanol–water partition coefficient (Wildman–Crippen LogP) is 9.63. The van der Waals surface area contributed by atoms with Gasteiger partial charge < -0.3 is 72.2 Å². The average Bonchev–Trinajstić information content (AvgIpc) is 0.878. The molecular formula is C72H111O27+. The van der Waals surface area contributed by atoms with Crippen LogP contribution in [0.25, 0.3) is 0 Å². The van der Waals surface area contributed by atoms with Gasteiger partial charge in [0.2, 0.25) is 0 Å². The Kier molecular flexibility index (Phi) is 44.3. The quantitative estimate of drug-likeness (QED) is 0.0175. The summed E-state index contributed by atoms with van der Waals surface area (Å²) in [5, 5.41) is 27.2. The molecule has 3 N–H and O–H groups in total. The van der Waals surface area contributed by atoms with Crippen molar-refractivity contribution in [2.45, 2.75) is 225 Å². The van der Waals surface area contributed by atoms with Crippen molar-refractivity contribution in [2.75, 3.05) is 66.4 Å². The fourth-order valence-electron chi connectivity index (χ4n) is 12.2. The van der Waals surface area contributed by atoms with E-state index in [2.05, 4.69) is 19.7 Å². The molecule has 0 heterocycles. The minimum Gasteiger partial charge on any atom is -0.481 e. The monoisotopic (exact) mass is 1410 g/mol. The molecule has 0 radical (unpaired) electrons. The van der Waals surface area contributed by atoms with Crippen LogP contribution in [0.2, 0.25) is 0 Å². The Morgan fingerprint density at radius 3 is 0.768 bits per heavy atom. The number of esters is 10. The van der Waals surface area contributed by atoms with Gasteiger partial charge in [-0.1, -0.05) is 19.7 Å². The molecule has 27 nitrogen and oxygen atoms in total. The molecule has 0 spiro atoms. The minimum atomic E-state index is -0.789. The molecule has 0 bridgehead atoms. The van der Waals surface area contributed by atoms with Gasteiger partial charge in [0.1, 0.15) is 12.2 Å². The summed E-state index contributed by atoms with van der Waals surface area (Å²) in [4.78, 5) is 139. The van der Waals surface area contributed by atoms with E-state index >= 15 is 0 Å². The smallest absolute Gasteiger partial charge is 0.481 e. The molecule has 6 aliphatic carbocycles. The maximum atomic E-state index is 12.6. The van der Waals surface area contributed by atoms with Crippen LogP contribution in [-0.2, 0) is 114 Å². The van der Waals surface area contributed by atoms with Gasteiger partial charge in [-0.2, -0.15) is 0 Å². The van der Waals surface area contributed by atoms with Crippen LogP contribution in [0.4, 0.5) is 0 Å². The van der Waals surface area contributed by atoms with E-state index in [1.165, 1.54) is 0 Å². The normalized spacial score (nSPS) is 24.8. The van der Waals surface area contributed by atoms with Gasteiger partial charge in [0, 0.05) is 31.4 Å². The van der Waals surface area contributed by atoms with Gasteiger partial charge in [0.15, 0.2) is 13.6 Å². The lowest BCUT2D eigenvalue weighted by atomic mass is 9.82. The first kappa shape index (κ1) is 86.0. The van der Waals surface area contributed by atoms with Crippen LogP contribution in [0.3, 0.4) is 0 Å². The second-order valence-corrected chi connectivity index (χ2v) is 25.5. The van der Waals surface area contributed by atoms with E-state index in [-0.39, 0.29) is 142 Å². The molecule has 27 heteroatoms. The van der Waals surface area contributed by atoms with Crippen LogP contribution in [-0.4, -0.2) is 172 Å². The van der Waals surface area contributed by atoms with Gasteiger partial charge in [-0.15, -0.1) is 0 Å². The number of aliphatic hydroxyl groups excluding tert-OH is 1. The second kappa shape index (κ2) is 51.0. The van der Waals surface area contributed by atoms with E-state index in [0.717, 1.165) is 18.2 Å². The van der Waals surface area contributed by atoms with E-state index in [4.69, 9.17) is 67.1 Å². The van der Waals surface area contributed by atoms with E-state index in [9.17, 15) is 62.6 Å². The molecular weight excluding hydrogens is 1300 g/mol. The molecule has 6 fully saturated rings. The van der Waals surface area contributed by atoms with Crippen molar-refractivity contribution in [1.82, 2.24) is 0 Å². The predicted molar refractivity (Wildman–Crippen MR) is 354 cm³/mol. The third kappa shape index (κ3) is 36.6. The number of carbonyl (C=O) groups is 12. The lowest BCUT2D eigenvalue weighted by molar-refractivity contribution is -0.166. The Morgan fingerprint density at radius 1 is 0.313 bits per heavy atom. The zero-order valence-electron chi connectivity index (χ0n) is 59.2. The molecule has 0 aliphatic heterocycles. The number of rotatable bonds is 35. The van der Waals surface area contributed by atoms with Crippen LogP contribution in [0.5, 0.6) is 0 Å². The van der Waals surface area contributed by atoms with E-state index in [1.807, 2.05) is 13.8 Å². The zero-order chi connectivity index (χ0) is 72.7. The van der Waals surface area contributed by atoms with Crippen molar-refractivity contribution < 1.29 is 131 Å². The molecule has 0 aromatic heterocycles. The fourth-order valence-corrected chi connectivity index (χ4v) is 12.2. The number of aliphatic hydroxyl groups is 1. The SMILES string of the molecule is C=CC(=O)OCCCCOC(=O)C1CCC(O)CC1.C=CC(=O)OCCCCOC(=O)C1CCC(OC(=O)C2CCC(C(=O)O)CC2)CC1.C=CC(=O)OCCCCOC(=O)C1CCC(OC(=O)C2CCC(C(=O)OCOCC)CC2)CC1.CCOCOC(=O)C1CCC(C(=O)O)CC1.[H+]. The first-order valence-electron chi connectivity index (χ1n) is 35.5. The highest BCUT2D eigenvalue weighted by Gasteiger charge is 2.37. The third-order valence-corrected chi connectivity index (χ3v) is 18.4. The summed E-state index contributed by atoms with van der Waals surface area (Å²) in [6.07, 6.45) is 21.3. The first-order valence-corrected chi connectivity index (χ1v) is 35.5. The number of carboxylic acid groups (broad SMARTS) is 2. The summed E-state index contributed by atoms with van der Waals surface area (Å²) in [7, 11) is 0. The van der Waals surface area contributed by atoms with E-state index < -0.39 is 29.8 Å². The molecule has 6 aliphatic rings. The lowest BCUT2D eigenvalue weighted by Gasteiger charge is -2.30. The molecule has 0 saturated heterocycles. The van der Waals surface area contributed by atoms with Gasteiger partial charge in [-0.25, -0.2) is 14.4 Å². The molecule has 6 rings (SSSR count). The Balaban J connectivity index is 0.000000471. The molecule has 0 atom stereocenters. The van der Waals surface area contributed by atoms with Crippen molar-refractivity contribution in [1.29, 1.82) is 0 Å². The van der Waals surface area contributed by atoms with Crippen LogP contribution < -0.4 is 0 Å². The molecule has 0 amide bonds. The van der Waals surface area contributed by atoms with Gasteiger partial charge in [0.25, 0.3) is 0 Å². The molecule has 0 aromatic rings. The summed E-state index contributed by atoms with van der Waals surface area (Å²) in [5.74, 6) is -6.30. The van der Waals surface area contributed by atoms with Gasteiger partial charge in [0.05, 0.1) is 99.0 Å². The number of unbranched alkanes of at least 4 members (excludes halogenated alkanes) is 3. The number of hydrogen-bond acceptors (Lipinski definition) is 25. The largest absolute Gasteiger partial charge is 1.00 e. The van der Waals surface area contributed by atoms with Crippen molar-refractivity contribution in [3.63, 3.8) is 0 Å². The second-order valence-electron chi connectivity index (χ2n) is 25.5. The van der Waals surface area contributed by atoms with Gasteiger partial charge in [-0.05, 0) is 206 Å². The van der Waals surface area contributed by atoms with Gasteiger partial charge >= 0.3 is 73.1 Å². The highest BCUT2D eigenvalue weighted by Crippen LogP contribution is 2.36. The van der Waals surface area contributed by atoms with E-state index in [1.54, 1.807) is 0 Å². The summed E-state index contributed by atoms with van der Waals surface area (Å²) in [6, 6.07) is 0. The summed E-state index contributed by atoms with van der Waals surface area (Å²) < 4.78 is 61.6. The zero-order valence-corrected chi connectivity index (χ0v) is 58.2. The number of hydrogen-bond donors (Lipinski definition) is 3. The summed E-state index contributed by atoms with van der Waals surface area (Å²) >= 11 is 0. The number of carbonyl (C=O) groups excluding carboxylic acids is 10. The van der Waals surface area contributed by atoms with Crippen molar-refractivity contribution in [2.24, 2.45) is 53.3 Å². The van der Waals surface area contributed by atoms with Crippen molar-refractivity contribution in [3.05, 3.63) is 38.0 Å². The number of aliphatic carboxylic acids is 2. The van der Waals surface area contributed by atoms with Crippen LogP contribution in [0.1, 0.15) is 208 Å². The molecule has 99 heavy (non-hydrogen) atoms. The minimum absolute atomic E-state index is 0. The highest BCUT2D eigenvalue weighted by molar-refractivity contribution is 5.82. The van der Waals surface area contributed by atoms with Crippen LogP contribution >= 0.6 is 0 Å². The fraction of sp³-hybridized carbons (Fsp3) is 0.750. The topological polar surface area (TPSA) is 376 Å². The third-order valence-electron chi connectivity index (χ3n) is 18.4. The standard InChI is InChI=1S/C25H38O9.C22H32O8.C14H22O5.C11H18O5/c1-3-22(26)31-15-5-6-16-32-23(27)19-11-13-21(14-12-19)34-25(29)20-9-7-18(8-10-20)24(28)33-17-30-4-2;1-2-19(23)28-13-3-4-14-29-21(26)16-9-11-18(12-10-16)30-22(27)17-7-5-15(6-8-17)20(24)25;1-2-13(16)18-9-3-4-10-19-14(17)11-5-7-12(15)8-6-11;1-2-15-7-16-11(14)9-5-3-8(4-6-9)10(12)13/h3,18-21H,1,4-17H2,2H3;2,15-18H,1,3-14H2,(H,24,25);2,11-12,15H,1,3-10H2;8-9H,2-7H2,1H3,(H,12,13)/p+1. The van der Waals surface area contributed by atoms with Crippen LogP contribution in [0.15, 0.2) is 38.0 Å². The van der Waals surface area contributed by atoms with E-state index in [0.29, 0.717) is 232 Å².